The molecule has 1 heterocycles. The number of nitrogens with one attached hydrogen (secondary N) is 1. The van der Waals surface area contributed by atoms with E-state index in [0.717, 1.165) is 0 Å². The summed E-state index contributed by atoms with van der Waals surface area (Å²) in [6, 6.07) is 7.27. The predicted octanol–water partition coefficient (Wildman–Crippen LogP) is 3.03. The molecule has 1 aromatic carbocycles. The van der Waals surface area contributed by atoms with Crippen molar-refractivity contribution in [1.29, 1.82) is 0 Å². The molecule has 1 N–H and O–H groups in total. The fourth-order valence-electron chi connectivity index (χ4n) is 1.52. The van der Waals surface area contributed by atoms with Crippen LogP contribution in [0.2, 0.25) is 0 Å². The van der Waals surface area contributed by atoms with Gasteiger partial charge < -0.3 is 10.1 Å². The van der Waals surface area contributed by atoms with Crippen LogP contribution in [0.5, 0.6) is 5.75 Å². The maximum atomic E-state index is 11.9. The first-order valence-corrected chi connectivity index (χ1v) is 5.33. The first-order chi connectivity index (χ1) is 8.22. The second-order valence-corrected chi connectivity index (χ2v) is 3.58. The lowest BCUT2D eigenvalue weighted by molar-refractivity contribution is -0.112. The Hall–Kier alpha value is -2.29. The molecule has 1 aliphatic heterocycles. The van der Waals surface area contributed by atoms with Gasteiger partial charge in [-0.2, -0.15) is 0 Å². The van der Waals surface area contributed by atoms with Gasteiger partial charge in [-0.25, -0.2) is 0 Å². The average Bonchev–Trinajstić information content (AvgIpc) is 2.43. The number of carbonyl (C=O) groups excluding carboxylic acids is 1. The molecule has 0 fully saturated rings. The van der Waals surface area contributed by atoms with E-state index < -0.39 is 0 Å². The quantitative estimate of drug-likeness (QED) is 0.749. The number of para-hydroxylation sites is 2. The van der Waals surface area contributed by atoms with Crippen molar-refractivity contribution in [2.75, 3.05) is 5.32 Å². The summed E-state index contributed by atoms with van der Waals surface area (Å²) in [7, 11) is 0. The van der Waals surface area contributed by atoms with E-state index in [1.165, 1.54) is 0 Å². The van der Waals surface area contributed by atoms with Crippen molar-refractivity contribution in [1.82, 2.24) is 0 Å². The molecule has 1 amide bonds. The third-order valence-corrected chi connectivity index (χ3v) is 2.37. The van der Waals surface area contributed by atoms with Crippen molar-refractivity contribution in [2.24, 2.45) is 0 Å². The Kier molecular flexibility index (Phi) is 3.10. The summed E-state index contributed by atoms with van der Waals surface area (Å²) in [4.78, 5) is 11.9. The number of benzene rings is 1. The number of ether oxygens (including phenoxy) is 1. The van der Waals surface area contributed by atoms with E-state index in [1.54, 1.807) is 24.3 Å². The third-order valence-electron chi connectivity index (χ3n) is 2.37. The normalized spacial score (nSPS) is 17.6. The fourth-order valence-corrected chi connectivity index (χ4v) is 1.52. The first-order valence-electron chi connectivity index (χ1n) is 5.33. The predicted molar refractivity (Wildman–Crippen MR) is 67.7 cm³/mol. The van der Waals surface area contributed by atoms with Gasteiger partial charge in [0.2, 0.25) is 0 Å². The number of amides is 1. The molecular weight excluding hydrogens is 214 g/mol. The molecule has 0 spiro atoms. The number of rotatable bonds is 1. The highest BCUT2D eigenvalue weighted by Gasteiger charge is 2.21. The summed E-state index contributed by atoms with van der Waals surface area (Å²) in [5.74, 6) is 0.748. The van der Waals surface area contributed by atoms with Gasteiger partial charge in [-0.05, 0) is 25.1 Å². The molecule has 1 aliphatic rings. The smallest absolute Gasteiger partial charge is 0.259 e. The molecule has 0 aromatic heterocycles. The number of carbonyl (C=O) groups is 1. The van der Waals surface area contributed by atoms with Crippen LogP contribution in [0.3, 0.4) is 0 Å². The molecule has 0 saturated heterocycles. The van der Waals surface area contributed by atoms with Gasteiger partial charge >= 0.3 is 0 Å². The van der Waals surface area contributed by atoms with E-state index >= 15 is 0 Å². The van der Waals surface area contributed by atoms with Crippen molar-refractivity contribution >= 4 is 11.6 Å². The van der Waals surface area contributed by atoms with Crippen LogP contribution in [0.25, 0.3) is 0 Å². The van der Waals surface area contributed by atoms with Crippen LogP contribution in [0.1, 0.15) is 6.92 Å². The minimum atomic E-state index is -0.210. The third kappa shape index (κ3) is 2.28. The van der Waals surface area contributed by atoms with Crippen molar-refractivity contribution in [3.8, 4) is 5.75 Å². The van der Waals surface area contributed by atoms with Gasteiger partial charge in [-0.1, -0.05) is 30.9 Å². The Morgan fingerprint density at radius 2 is 2.12 bits per heavy atom. The zero-order valence-electron chi connectivity index (χ0n) is 9.57. The SMILES string of the molecule is C=C1Oc2ccccc2NC(=O)/C1=C/C=C\C. The first kappa shape index (κ1) is 11.2. The molecule has 0 atom stereocenters. The van der Waals surface area contributed by atoms with Crippen LogP contribution >= 0.6 is 0 Å². The second-order valence-electron chi connectivity index (χ2n) is 3.58. The van der Waals surface area contributed by atoms with Crippen molar-refractivity contribution in [2.45, 2.75) is 6.92 Å². The minimum absolute atomic E-state index is 0.210. The Labute approximate surface area is 100 Å². The zero-order chi connectivity index (χ0) is 12.3. The summed E-state index contributed by atoms with van der Waals surface area (Å²) < 4.78 is 5.56. The summed E-state index contributed by atoms with van der Waals surface area (Å²) in [6.07, 6.45) is 5.30. The fraction of sp³-hybridized carbons (Fsp3) is 0.0714. The van der Waals surface area contributed by atoms with Crippen LogP contribution in [0.4, 0.5) is 5.69 Å². The Bertz CT molecular complexity index is 488. The van der Waals surface area contributed by atoms with Gasteiger partial charge in [0.15, 0.2) is 5.75 Å². The van der Waals surface area contributed by atoms with Crippen LogP contribution in [0, 0.1) is 0 Å². The topological polar surface area (TPSA) is 38.3 Å². The van der Waals surface area contributed by atoms with E-state index in [2.05, 4.69) is 11.9 Å². The lowest BCUT2D eigenvalue weighted by Gasteiger charge is -2.05. The molecule has 17 heavy (non-hydrogen) atoms. The van der Waals surface area contributed by atoms with E-state index in [0.29, 0.717) is 22.8 Å². The second kappa shape index (κ2) is 4.70. The molecule has 3 nitrogen and oxygen atoms in total. The van der Waals surface area contributed by atoms with Crippen molar-refractivity contribution < 1.29 is 9.53 Å². The number of hydrogen-bond acceptors (Lipinski definition) is 2. The van der Waals surface area contributed by atoms with E-state index in [-0.39, 0.29) is 5.91 Å². The van der Waals surface area contributed by atoms with Gasteiger partial charge in [-0.3, -0.25) is 4.79 Å². The molecule has 0 radical (unpaired) electrons. The number of fused-ring (bicyclic) bond motifs is 1. The number of allylic oxidation sites excluding steroid dienone is 3. The molecule has 2 rings (SSSR count). The van der Waals surface area contributed by atoms with Gasteiger partial charge in [0.1, 0.15) is 5.76 Å². The van der Waals surface area contributed by atoms with Gasteiger partial charge in [0.25, 0.3) is 5.91 Å². The van der Waals surface area contributed by atoms with Crippen LogP contribution in [0.15, 0.2) is 60.4 Å². The van der Waals surface area contributed by atoms with E-state index in [9.17, 15) is 4.79 Å². The van der Waals surface area contributed by atoms with Crippen LogP contribution in [-0.2, 0) is 4.79 Å². The highest BCUT2D eigenvalue weighted by Crippen LogP contribution is 2.30. The molecule has 3 heteroatoms. The highest BCUT2D eigenvalue weighted by atomic mass is 16.5. The molecule has 0 unspecified atom stereocenters. The molecule has 0 bridgehead atoms. The Morgan fingerprint density at radius 1 is 1.35 bits per heavy atom. The lowest BCUT2D eigenvalue weighted by Crippen LogP contribution is -2.13. The van der Waals surface area contributed by atoms with Gasteiger partial charge in [0, 0.05) is 0 Å². The van der Waals surface area contributed by atoms with E-state index in [1.807, 2.05) is 25.1 Å². The van der Waals surface area contributed by atoms with Crippen LogP contribution < -0.4 is 10.1 Å². The van der Waals surface area contributed by atoms with Gasteiger partial charge in [0.05, 0.1) is 11.3 Å². The Morgan fingerprint density at radius 3 is 2.88 bits per heavy atom. The Balaban J connectivity index is 2.41. The molecule has 0 saturated carbocycles. The molecule has 86 valence electrons. The average molecular weight is 227 g/mol. The summed E-state index contributed by atoms with van der Waals surface area (Å²) in [5.41, 5.74) is 1.09. The largest absolute Gasteiger partial charge is 0.455 e. The van der Waals surface area contributed by atoms with Crippen molar-refractivity contribution in [3.05, 3.63) is 60.4 Å². The molecular formula is C14H13NO2. The number of anilines is 1. The molecule has 1 aromatic rings. The standard InChI is InChI=1S/C14H13NO2/c1-3-4-7-11-10(2)17-13-9-6-5-8-12(13)15-14(11)16/h3-9H,2H2,1H3,(H,15,16)/b4-3-,11-7+. The monoisotopic (exact) mass is 227 g/mol. The minimum Gasteiger partial charge on any atom is -0.455 e. The maximum absolute atomic E-state index is 11.9. The lowest BCUT2D eigenvalue weighted by atomic mass is 10.2. The van der Waals surface area contributed by atoms with Crippen molar-refractivity contribution in [3.63, 3.8) is 0 Å². The highest BCUT2D eigenvalue weighted by molar-refractivity contribution is 6.08. The molecule has 0 aliphatic carbocycles. The van der Waals surface area contributed by atoms with E-state index in [4.69, 9.17) is 4.74 Å². The van der Waals surface area contributed by atoms with Gasteiger partial charge in [-0.15, -0.1) is 0 Å². The maximum Gasteiger partial charge on any atom is 0.259 e. The summed E-state index contributed by atoms with van der Waals surface area (Å²) in [5, 5.41) is 2.78. The summed E-state index contributed by atoms with van der Waals surface area (Å²) >= 11 is 0. The van der Waals surface area contributed by atoms with Crippen LogP contribution in [-0.4, -0.2) is 5.91 Å². The zero-order valence-corrected chi connectivity index (χ0v) is 9.57. The number of hydrogen-bond donors (Lipinski definition) is 1. The summed E-state index contributed by atoms with van der Waals surface area (Å²) in [6.45, 7) is 5.65.